The van der Waals surface area contributed by atoms with Crippen LogP contribution in [-0.2, 0) is 0 Å². The average Bonchev–Trinajstić information content (AvgIpc) is 2.76. The number of nitro groups is 1. The lowest BCUT2D eigenvalue weighted by Gasteiger charge is -2.01. The fourth-order valence-corrected chi connectivity index (χ4v) is 1.36. The van der Waals surface area contributed by atoms with Gasteiger partial charge in [0.15, 0.2) is 0 Å². The van der Waals surface area contributed by atoms with Gasteiger partial charge in [0.25, 0.3) is 5.69 Å². The smallest absolute Gasteiger partial charge is 0.379 e. The number of furan rings is 1. The van der Waals surface area contributed by atoms with Crippen molar-refractivity contribution in [3.05, 3.63) is 58.0 Å². The minimum absolute atomic E-state index is 0.0546. The highest BCUT2D eigenvalue weighted by molar-refractivity contribution is 5.88. The Balaban J connectivity index is 2.16. The first-order valence-electron chi connectivity index (χ1n) is 5.09. The molecule has 0 atom stereocenters. The highest BCUT2D eigenvalue weighted by Crippen LogP contribution is 2.20. The van der Waals surface area contributed by atoms with Gasteiger partial charge in [-0.3, -0.25) is 10.1 Å². The highest BCUT2D eigenvalue weighted by Gasteiger charge is 2.14. The van der Waals surface area contributed by atoms with Crippen LogP contribution >= 0.6 is 0 Å². The van der Waals surface area contributed by atoms with E-state index in [0.29, 0.717) is 5.76 Å². The number of nitrogens with zero attached hydrogens (tertiary/aromatic N) is 1. The van der Waals surface area contributed by atoms with Crippen LogP contribution in [0.1, 0.15) is 16.3 Å². The van der Waals surface area contributed by atoms with Gasteiger partial charge in [0.1, 0.15) is 11.5 Å². The largest absolute Gasteiger partial charge is 0.454 e. The molecular formula is C12H9NO5. The van der Waals surface area contributed by atoms with Gasteiger partial charge in [-0.2, -0.15) is 0 Å². The topological polar surface area (TPSA) is 82.6 Å². The summed E-state index contributed by atoms with van der Waals surface area (Å²) in [6.07, 6.45) is 0. The van der Waals surface area contributed by atoms with Gasteiger partial charge in [0, 0.05) is 6.07 Å². The molecule has 0 amide bonds. The van der Waals surface area contributed by atoms with Gasteiger partial charge < -0.3 is 9.15 Å². The predicted octanol–water partition coefficient (Wildman–Crippen LogP) is 2.72. The molecule has 6 nitrogen and oxygen atoms in total. The molecule has 92 valence electrons. The third-order valence-electron chi connectivity index (χ3n) is 2.18. The van der Waals surface area contributed by atoms with Crippen LogP contribution in [0.2, 0.25) is 0 Å². The molecule has 2 rings (SSSR count). The van der Waals surface area contributed by atoms with Gasteiger partial charge in [-0.1, -0.05) is 6.07 Å². The van der Waals surface area contributed by atoms with E-state index in [1.807, 2.05) is 0 Å². The molecule has 0 bridgehead atoms. The van der Waals surface area contributed by atoms with E-state index in [4.69, 9.17) is 9.15 Å². The molecule has 2 aromatic rings. The quantitative estimate of drug-likeness (QED) is 0.360. The molecule has 0 saturated heterocycles. The Morgan fingerprint density at radius 3 is 2.72 bits per heavy atom. The zero-order valence-electron chi connectivity index (χ0n) is 9.45. The molecular weight excluding hydrogens is 238 g/mol. The van der Waals surface area contributed by atoms with Crippen molar-refractivity contribution >= 4 is 11.7 Å². The van der Waals surface area contributed by atoms with E-state index in [-0.39, 0.29) is 17.2 Å². The summed E-state index contributed by atoms with van der Waals surface area (Å²) in [5.41, 5.74) is -0.143. The second kappa shape index (κ2) is 4.70. The Morgan fingerprint density at radius 2 is 2.11 bits per heavy atom. The lowest BCUT2D eigenvalue weighted by Crippen LogP contribution is -2.07. The van der Waals surface area contributed by atoms with Gasteiger partial charge in [-0.05, 0) is 25.1 Å². The van der Waals surface area contributed by atoms with Crippen molar-refractivity contribution in [1.82, 2.24) is 0 Å². The van der Waals surface area contributed by atoms with Crippen LogP contribution in [0.3, 0.4) is 0 Å². The van der Waals surface area contributed by atoms with E-state index < -0.39 is 10.9 Å². The molecule has 18 heavy (non-hydrogen) atoms. The second-order valence-corrected chi connectivity index (χ2v) is 3.55. The summed E-state index contributed by atoms with van der Waals surface area (Å²) in [4.78, 5) is 21.6. The lowest BCUT2D eigenvalue weighted by molar-refractivity contribution is -0.384. The molecule has 0 radical (unpaired) electrons. The number of rotatable bonds is 3. The standard InChI is InChI=1S/C12H9NO5/c1-8-5-6-11(17-8)12(14)18-10-4-2-3-9(7-10)13(15)16/h2-7H,1H3. The Labute approximate surface area is 102 Å². The number of carbonyl (C=O) groups is 1. The molecule has 1 aromatic carbocycles. The number of aryl methyl sites for hydroxylation is 1. The van der Waals surface area contributed by atoms with Crippen LogP contribution in [0.5, 0.6) is 5.75 Å². The number of benzene rings is 1. The van der Waals surface area contributed by atoms with E-state index in [1.54, 1.807) is 13.0 Å². The van der Waals surface area contributed by atoms with Crippen molar-refractivity contribution in [2.75, 3.05) is 0 Å². The monoisotopic (exact) mass is 247 g/mol. The first kappa shape index (κ1) is 11.8. The molecule has 0 unspecified atom stereocenters. The zero-order chi connectivity index (χ0) is 13.1. The van der Waals surface area contributed by atoms with Crippen molar-refractivity contribution in [3.63, 3.8) is 0 Å². The van der Waals surface area contributed by atoms with Crippen LogP contribution in [-0.4, -0.2) is 10.9 Å². The maximum atomic E-state index is 11.6. The Kier molecular flexibility index (Phi) is 3.09. The summed E-state index contributed by atoms with van der Waals surface area (Å²) in [5, 5.41) is 10.6. The average molecular weight is 247 g/mol. The second-order valence-electron chi connectivity index (χ2n) is 3.55. The number of nitro benzene ring substituents is 1. The number of ether oxygens (including phenoxy) is 1. The lowest BCUT2D eigenvalue weighted by atomic mass is 10.3. The Hall–Kier alpha value is -2.63. The van der Waals surface area contributed by atoms with E-state index in [0.717, 1.165) is 0 Å². The number of hydrogen-bond donors (Lipinski definition) is 0. The van der Waals surface area contributed by atoms with E-state index in [2.05, 4.69) is 0 Å². The van der Waals surface area contributed by atoms with Crippen LogP contribution in [0, 0.1) is 17.0 Å². The van der Waals surface area contributed by atoms with Gasteiger partial charge in [-0.15, -0.1) is 0 Å². The van der Waals surface area contributed by atoms with Crippen molar-refractivity contribution < 1.29 is 18.9 Å². The molecule has 0 saturated carbocycles. The Bertz CT molecular complexity index is 602. The van der Waals surface area contributed by atoms with E-state index in [9.17, 15) is 14.9 Å². The summed E-state index contributed by atoms with van der Waals surface area (Å²) in [7, 11) is 0. The highest BCUT2D eigenvalue weighted by atomic mass is 16.6. The van der Waals surface area contributed by atoms with Crippen LogP contribution in [0.25, 0.3) is 0 Å². The minimum atomic E-state index is -0.691. The van der Waals surface area contributed by atoms with Gasteiger partial charge >= 0.3 is 5.97 Å². The molecule has 0 fully saturated rings. The Morgan fingerprint density at radius 1 is 1.33 bits per heavy atom. The third kappa shape index (κ3) is 2.54. The molecule has 0 N–H and O–H groups in total. The van der Waals surface area contributed by atoms with E-state index >= 15 is 0 Å². The summed E-state index contributed by atoms with van der Waals surface area (Å²) in [5.74, 6) is 0.0480. The van der Waals surface area contributed by atoms with Crippen LogP contribution in [0.15, 0.2) is 40.8 Å². The van der Waals surface area contributed by atoms with Gasteiger partial charge in [0.2, 0.25) is 5.76 Å². The third-order valence-corrected chi connectivity index (χ3v) is 2.18. The molecule has 0 spiro atoms. The fraction of sp³-hybridized carbons (Fsp3) is 0.0833. The van der Waals surface area contributed by atoms with Gasteiger partial charge in [0.05, 0.1) is 11.0 Å². The van der Waals surface area contributed by atoms with Gasteiger partial charge in [-0.25, -0.2) is 4.79 Å². The first-order chi connectivity index (χ1) is 8.56. The molecule has 0 aliphatic rings. The summed E-state index contributed by atoms with van der Waals surface area (Å²) >= 11 is 0. The number of non-ortho nitro benzene ring substituents is 1. The zero-order valence-corrected chi connectivity index (χ0v) is 9.45. The maximum absolute atomic E-state index is 11.6. The van der Waals surface area contributed by atoms with Crippen LogP contribution < -0.4 is 4.74 Å². The van der Waals surface area contributed by atoms with Crippen molar-refractivity contribution in [2.24, 2.45) is 0 Å². The normalized spacial score (nSPS) is 10.1. The van der Waals surface area contributed by atoms with E-state index in [1.165, 1.54) is 30.3 Å². The first-order valence-corrected chi connectivity index (χ1v) is 5.09. The molecule has 1 aromatic heterocycles. The SMILES string of the molecule is Cc1ccc(C(=O)Oc2cccc([N+](=O)[O-])c2)o1. The summed E-state index contributed by atoms with van der Waals surface area (Å²) in [6.45, 7) is 1.70. The van der Waals surface area contributed by atoms with Crippen molar-refractivity contribution in [2.45, 2.75) is 6.92 Å². The minimum Gasteiger partial charge on any atom is -0.454 e. The van der Waals surface area contributed by atoms with Crippen molar-refractivity contribution in [1.29, 1.82) is 0 Å². The summed E-state index contributed by atoms with van der Waals surface area (Å²) in [6, 6.07) is 8.50. The predicted molar refractivity (Wildman–Crippen MR) is 61.5 cm³/mol. The van der Waals surface area contributed by atoms with Crippen LogP contribution in [0.4, 0.5) is 5.69 Å². The molecule has 0 aliphatic heterocycles. The summed E-state index contributed by atoms with van der Waals surface area (Å²) < 4.78 is 10.1. The number of carbonyl (C=O) groups excluding carboxylic acids is 1. The molecule has 1 heterocycles. The maximum Gasteiger partial charge on any atom is 0.379 e. The van der Waals surface area contributed by atoms with Crippen molar-refractivity contribution in [3.8, 4) is 5.75 Å². The number of hydrogen-bond acceptors (Lipinski definition) is 5. The fourth-order valence-electron chi connectivity index (χ4n) is 1.36. The number of esters is 1. The molecule has 0 aliphatic carbocycles. The molecule has 6 heteroatoms.